The molecule has 102 valence electrons. The van der Waals surface area contributed by atoms with Crippen LogP contribution in [0.25, 0.3) is 0 Å². The summed E-state index contributed by atoms with van der Waals surface area (Å²) in [5, 5.41) is 0. The molecule has 0 heterocycles. The molecule has 0 radical (unpaired) electrons. The molecule has 0 atom stereocenters. The summed E-state index contributed by atoms with van der Waals surface area (Å²) in [6.45, 7) is 3.07. The fourth-order valence-corrected chi connectivity index (χ4v) is 2.77. The molecule has 5 nitrogen and oxygen atoms in total. The highest BCUT2D eigenvalue weighted by molar-refractivity contribution is 7.91. The van der Waals surface area contributed by atoms with Gasteiger partial charge in [0.2, 0.25) is 5.91 Å². The van der Waals surface area contributed by atoms with Crippen LogP contribution in [0.2, 0.25) is 0 Å². The fourth-order valence-electron chi connectivity index (χ4n) is 1.35. The van der Waals surface area contributed by atoms with Gasteiger partial charge in [0.25, 0.3) is 0 Å². The number of amides is 1. The summed E-state index contributed by atoms with van der Waals surface area (Å²) in [6.07, 6.45) is 2.33. The van der Waals surface area contributed by atoms with Crippen LogP contribution in [0.5, 0.6) is 0 Å². The number of nitrogens with two attached hydrogens (primary N) is 1. The Morgan fingerprint density at radius 1 is 1.24 bits per heavy atom. The number of sulfone groups is 1. The monoisotopic (exact) mass is 264 g/mol. The topological polar surface area (TPSA) is 80.5 Å². The van der Waals surface area contributed by atoms with Crippen LogP contribution in [-0.4, -0.2) is 50.9 Å². The maximum absolute atomic E-state index is 11.6. The van der Waals surface area contributed by atoms with E-state index in [0.29, 0.717) is 19.5 Å². The van der Waals surface area contributed by atoms with Crippen LogP contribution in [-0.2, 0) is 14.6 Å². The van der Waals surface area contributed by atoms with Crippen molar-refractivity contribution in [1.82, 2.24) is 4.90 Å². The zero-order chi connectivity index (χ0) is 13.3. The normalized spacial score (nSPS) is 11.5. The summed E-state index contributed by atoms with van der Waals surface area (Å²) in [7, 11) is -1.39. The highest BCUT2D eigenvalue weighted by Gasteiger charge is 2.15. The molecule has 0 spiro atoms. The summed E-state index contributed by atoms with van der Waals surface area (Å²) >= 11 is 0. The number of rotatable bonds is 9. The van der Waals surface area contributed by atoms with Crippen LogP contribution in [0.3, 0.4) is 0 Å². The van der Waals surface area contributed by atoms with Gasteiger partial charge in [0.05, 0.1) is 11.5 Å². The molecule has 0 aliphatic carbocycles. The van der Waals surface area contributed by atoms with Gasteiger partial charge in [-0.05, 0) is 19.4 Å². The Labute approximate surface area is 104 Å². The molecule has 0 bridgehead atoms. The summed E-state index contributed by atoms with van der Waals surface area (Å²) in [4.78, 5) is 13.1. The maximum Gasteiger partial charge on any atom is 0.223 e. The predicted octanol–water partition coefficient (Wildman–Crippen LogP) is 0.399. The summed E-state index contributed by atoms with van der Waals surface area (Å²) in [5.74, 6) is 0.0146. The van der Waals surface area contributed by atoms with Gasteiger partial charge in [-0.3, -0.25) is 4.79 Å². The first kappa shape index (κ1) is 16.4. The zero-order valence-corrected chi connectivity index (χ0v) is 11.6. The zero-order valence-electron chi connectivity index (χ0n) is 10.8. The van der Waals surface area contributed by atoms with E-state index in [9.17, 15) is 13.2 Å². The van der Waals surface area contributed by atoms with Crippen LogP contribution in [0.15, 0.2) is 0 Å². The molecule has 0 aliphatic heterocycles. The van der Waals surface area contributed by atoms with Crippen LogP contribution in [0.1, 0.15) is 32.6 Å². The number of hydrogen-bond donors (Lipinski definition) is 1. The van der Waals surface area contributed by atoms with E-state index in [2.05, 4.69) is 0 Å². The Hall–Kier alpha value is -0.620. The van der Waals surface area contributed by atoms with Crippen LogP contribution >= 0.6 is 0 Å². The third-order valence-electron chi connectivity index (χ3n) is 2.56. The third-order valence-corrected chi connectivity index (χ3v) is 4.30. The van der Waals surface area contributed by atoms with Crippen molar-refractivity contribution in [2.75, 3.05) is 31.6 Å². The smallest absolute Gasteiger partial charge is 0.223 e. The van der Waals surface area contributed by atoms with Crippen LogP contribution < -0.4 is 5.73 Å². The molecule has 1 amide bonds. The maximum atomic E-state index is 11.6. The molecule has 0 fully saturated rings. The van der Waals surface area contributed by atoms with E-state index in [1.807, 2.05) is 6.92 Å². The summed E-state index contributed by atoms with van der Waals surface area (Å²) in [5.41, 5.74) is 5.34. The lowest BCUT2D eigenvalue weighted by Crippen LogP contribution is -2.30. The molecule has 0 aromatic carbocycles. The molecule has 0 aromatic rings. The highest BCUT2D eigenvalue weighted by atomic mass is 32.2. The molecule has 0 rings (SSSR count). The van der Waals surface area contributed by atoms with Gasteiger partial charge in [-0.15, -0.1) is 0 Å². The predicted molar refractivity (Wildman–Crippen MR) is 69.5 cm³/mol. The largest absolute Gasteiger partial charge is 0.346 e. The second-order valence-corrected chi connectivity index (χ2v) is 6.52. The molecule has 0 aliphatic rings. The average molecular weight is 264 g/mol. The van der Waals surface area contributed by atoms with Crippen molar-refractivity contribution in [2.45, 2.75) is 32.6 Å². The minimum atomic E-state index is -3.07. The van der Waals surface area contributed by atoms with Crippen molar-refractivity contribution in [1.29, 1.82) is 0 Å². The van der Waals surface area contributed by atoms with E-state index in [1.54, 1.807) is 11.9 Å². The van der Waals surface area contributed by atoms with Crippen molar-refractivity contribution in [3.8, 4) is 0 Å². The Bertz CT molecular complexity index is 315. The second kappa shape index (κ2) is 8.47. The quantitative estimate of drug-likeness (QED) is 0.653. The molecule has 0 saturated heterocycles. The molecule has 0 saturated carbocycles. The van der Waals surface area contributed by atoms with Crippen LogP contribution in [0.4, 0.5) is 0 Å². The van der Waals surface area contributed by atoms with Gasteiger partial charge in [-0.1, -0.05) is 13.3 Å². The SMILES string of the molecule is CCCCS(=O)(=O)CCC(=O)N(C)CCCN. The standard InChI is InChI=1S/C11H24N2O3S/c1-3-4-9-17(15,16)10-6-11(14)13(2)8-5-7-12/h3-10,12H2,1-2H3. The summed E-state index contributed by atoms with van der Waals surface area (Å²) in [6, 6.07) is 0. The van der Waals surface area contributed by atoms with E-state index in [4.69, 9.17) is 5.73 Å². The fraction of sp³-hybridized carbons (Fsp3) is 0.909. The van der Waals surface area contributed by atoms with Gasteiger partial charge in [0.1, 0.15) is 0 Å². The molecule has 17 heavy (non-hydrogen) atoms. The first-order valence-corrected chi connectivity index (χ1v) is 7.89. The molecule has 6 heteroatoms. The van der Waals surface area contributed by atoms with Gasteiger partial charge < -0.3 is 10.6 Å². The van der Waals surface area contributed by atoms with E-state index >= 15 is 0 Å². The Kier molecular flexibility index (Phi) is 8.16. The highest BCUT2D eigenvalue weighted by Crippen LogP contribution is 2.01. The lowest BCUT2D eigenvalue weighted by Gasteiger charge is -2.16. The number of nitrogens with zero attached hydrogens (tertiary/aromatic N) is 1. The molecular weight excluding hydrogens is 240 g/mol. The first-order valence-electron chi connectivity index (χ1n) is 6.07. The number of carbonyl (C=O) groups is 1. The van der Waals surface area contributed by atoms with Crippen molar-refractivity contribution < 1.29 is 13.2 Å². The number of unbranched alkanes of at least 4 members (excludes halogenated alkanes) is 1. The van der Waals surface area contributed by atoms with Gasteiger partial charge in [-0.2, -0.15) is 0 Å². The van der Waals surface area contributed by atoms with Crippen molar-refractivity contribution in [3.63, 3.8) is 0 Å². The lowest BCUT2D eigenvalue weighted by atomic mass is 10.3. The Balaban J connectivity index is 3.97. The first-order chi connectivity index (χ1) is 7.93. The average Bonchev–Trinajstić information content (AvgIpc) is 2.30. The Morgan fingerprint density at radius 3 is 2.41 bits per heavy atom. The van der Waals surface area contributed by atoms with Crippen molar-refractivity contribution in [3.05, 3.63) is 0 Å². The molecule has 0 aromatic heterocycles. The minimum absolute atomic E-state index is 0.0429. The minimum Gasteiger partial charge on any atom is -0.346 e. The van der Waals surface area contributed by atoms with E-state index in [0.717, 1.165) is 12.8 Å². The molecular formula is C11H24N2O3S. The summed E-state index contributed by atoms with van der Waals surface area (Å²) < 4.78 is 23.1. The van der Waals surface area contributed by atoms with Gasteiger partial charge >= 0.3 is 0 Å². The molecule has 2 N–H and O–H groups in total. The third kappa shape index (κ3) is 8.15. The van der Waals surface area contributed by atoms with E-state index < -0.39 is 9.84 Å². The van der Waals surface area contributed by atoms with Crippen LogP contribution in [0, 0.1) is 0 Å². The van der Waals surface area contributed by atoms with Gasteiger partial charge in [-0.25, -0.2) is 8.42 Å². The van der Waals surface area contributed by atoms with Crippen molar-refractivity contribution in [2.24, 2.45) is 5.73 Å². The van der Waals surface area contributed by atoms with Gasteiger partial charge in [0.15, 0.2) is 9.84 Å². The Morgan fingerprint density at radius 2 is 1.88 bits per heavy atom. The van der Waals surface area contributed by atoms with Crippen molar-refractivity contribution >= 4 is 15.7 Å². The molecule has 0 unspecified atom stereocenters. The van der Waals surface area contributed by atoms with Gasteiger partial charge in [0, 0.05) is 20.0 Å². The number of hydrogen-bond acceptors (Lipinski definition) is 4. The van der Waals surface area contributed by atoms with E-state index in [-0.39, 0.29) is 23.8 Å². The number of carbonyl (C=O) groups excluding carboxylic acids is 1. The second-order valence-electron chi connectivity index (χ2n) is 4.21. The lowest BCUT2D eigenvalue weighted by molar-refractivity contribution is -0.129. The van der Waals surface area contributed by atoms with E-state index in [1.165, 1.54) is 0 Å².